The van der Waals surface area contributed by atoms with Gasteiger partial charge in [0.05, 0.1) is 11.6 Å². The summed E-state index contributed by atoms with van der Waals surface area (Å²) in [5, 5.41) is 0.0999. The van der Waals surface area contributed by atoms with E-state index in [1.165, 1.54) is 12.1 Å². The van der Waals surface area contributed by atoms with Gasteiger partial charge in [-0.25, -0.2) is 0 Å². The lowest BCUT2D eigenvalue weighted by Crippen LogP contribution is -2.17. The van der Waals surface area contributed by atoms with Gasteiger partial charge in [-0.05, 0) is 18.6 Å². The lowest BCUT2D eigenvalue weighted by atomic mass is 10.3. The molecule has 0 aliphatic heterocycles. The Morgan fingerprint density at radius 2 is 2.00 bits per heavy atom. The Balaban J connectivity index is 2.66. The minimum Gasteiger partial charge on any atom is -0.492 e. The fourth-order valence-corrected chi connectivity index (χ4v) is 1.35. The first-order chi connectivity index (χ1) is 7.92. The lowest BCUT2D eigenvalue weighted by Gasteiger charge is -2.11. The summed E-state index contributed by atoms with van der Waals surface area (Å²) < 4.78 is 44.8. The van der Waals surface area contributed by atoms with Crippen LogP contribution in [0.15, 0.2) is 18.2 Å². The van der Waals surface area contributed by atoms with E-state index in [0.29, 0.717) is 12.4 Å². The molecule has 0 radical (unpaired) electrons. The summed E-state index contributed by atoms with van der Waals surface area (Å²) in [6, 6.07) is 3.61. The maximum Gasteiger partial charge on any atom is 0.573 e. The maximum atomic E-state index is 11.9. The van der Waals surface area contributed by atoms with Crippen molar-refractivity contribution in [2.24, 2.45) is 0 Å². The molecule has 2 nitrogen and oxygen atoms in total. The van der Waals surface area contributed by atoms with Crippen LogP contribution in [0.2, 0.25) is 5.02 Å². The van der Waals surface area contributed by atoms with E-state index in [4.69, 9.17) is 16.3 Å². The van der Waals surface area contributed by atoms with Crippen LogP contribution in [0.1, 0.15) is 19.8 Å². The van der Waals surface area contributed by atoms with Crippen molar-refractivity contribution >= 4 is 11.6 Å². The Labute approximate surface area is 102 Å². The van der Waals surface area contributed by atoms with Crippen molar-refractivity contribution in [1.29, 1.82) is 0 Å². The van der Waals surface area contributed by atoms with Gasteiger partial charge in [-0.2, -0.15) is 0 Å². The Hall–Kier alpha value is -1.10. The lowest BCUT2D eigenvalue weighted by molar-refractivity contribution is -0.274. The molecule has 0 aromatic heterocycles. The summed E-state index contributed by atoms with van der Waals surface area (Å²) in [5.74, 6) is -0.0000160. The minimum absolute atomic E-state index is 0.0999. The van der Waals surface area contributed by atoms with Gasteiger partial charge in [0.25, 0.3) is 0 Å². The zero-order valence-electron chi connectivity index (χ0n) is 9.18. The Morgan fingerprint density at radius 1 is 1.29 bits per heavy atom. The molecule has 96 valence electrons. The van der Waals surface area contributed by atoms with Gasteiger partial charge in [-0.3, -0.25) is 0 Å². The van der Waals surface area contributed by atoms with Crippen LogP contribution in [0.4, 0.5) is 13.2 Å². The smallest absolute Gasteiger partial charge is 0.492 e. The predicted molar refractivity (Wildman–Crippen MR) is 58.5 cm³/mol. The molecule has 17 heavy (non-hydrogen) atoms. The zero-order valence-corrected chi connectivity index (χ0v) is 9.94. The SMILES string of the molecule is CCCCOc1ccc(OC(F)(F)F)cc1Cl. The van der Waals surface area contributed by atoms with Gasteiger partial charge in [0.1, 0.15) is 11.5 Å². The number of hydrogen-bond donors (Lipinski definition) is 0. The topological polar surface area (TPSA) is 18.5 Å². The van der Waals surface area contributed by atoms with E-state index < -0.39 is 6.36 Å². The van der Waals surface area contributed by atoms with Crippen LogP contribution in [0.5, 0.6) is 11.5 Å². The number of unbranched alkanes of at least 4 members (excludes halogenated alkanes) is 1. The molecule has 0 N–H and O–H groups in total. The molecule has 0 saturated carbocycles. The second-order valence-electron chi connectivity index (χ2n) is 3.34. The highest BCUT2D eigenvalue weighted by Gasteiger charge is 2.31. The van der Waals surface area contributed by atoms with Crippen molar-refractivity contribution in [3.63, 3.8) is 0 Å². The van der Waals surface area contributed by atoms with Crippen molar-refractivity contribution in [3.8, 4) is 11.5 Å². The van der Waals surface area contributed by atoms with Crippen LogP contribution in [-0.4, -0.2) is 13.0 Å². The van der Waals surface area contributed by atoms with Gasteiger partial charge >= 0.3 is 6.36 Å². The third-order valence-corrected chi connectivity index (χ3v) is 2.19. The fourth-order valence-electron chi connectivity index (χ4n) is 1.12. The predicted octanol–water partition coefficient (Wildman–Crippen LogP) is 4.42. The first-order valence-corrected chi connectivity index (χ1v) is 5.48. The largest absolute Gasteiger partial charge is 0.573 e. The molecule has 0 saturated heterocycles. The molecule has 1 aromatic rings. The molecule has 0 fully saturated rings. The monoisotopic (exact) mass is 268 g/mol. The Morgan fingerprint density at radius 3 is 2.53 bits per heavy atom. The van der Waals surface area contributed by atoms with E-state index in [0.717, 1.165) is 18.9 Å². The van der Waals surface area contributed by atoms with Gasteiger partial charge in [0.2, 0.25) is 0 Å². The van der Waals surface area contributed by atoms with Crippen LogP contribution in [0.3, 0.4) is 0 Å². The van der Waals surface area contributed by atoms with Crippen LogP contribution in [0, 0.1) is 0 Å². The number of ether oxygens (including phenoxy) is 2. The second kappa shape index (κ2) is 6.00. The van der Waals surface area contributed by atoms with Gasteiger partial charge < -0.3 is 9.47 Å². The minimum atomic E-state index is -4.71. The van der Waals surface area contributed by atoms with Gasteiger partial charge in [0, 0.05) is 6.07 Å². The van der Waals surface area contributed by atoms with Crippen molar-refractivity contribution in [2.75, 3.05) is 6.61 Å². The third-order valence-electron chi connectivity index (χ3n) is 1.89. The number of hydrogen-bond acceptors (Lipinski definition) is 2. The number of alkyl halides is 3. The Bertz CT molecular complexity index is 366. The molecule has 0 bridgehead atoms. The van der Waals surface area contributed by atoms with Crippen molar-refractivity contribution in [1.82, 2.24) is 0 Å². The summed E-state index contributed by atoms with van der Waals surface area (Å²) in [4.78, 5) is 0. The quantitative estimate of drug-likeness (QED) is 0.736. The van der Waals surface area contributed by atoms with E-state index in [2.05, 4.69) is 4.74 Å². The number of benzene rings is 1. The molecule has 0 heterocycles. The summed E-state index contributed by atoms with van der Waals surface area (Å²) >= 11 is 5.76. The highest BCUT2D eigenvalue weighted by atomic mass is 35.5. The number of rotatable bonds is 5. The summed E-state index contributed by atoms with van der Waals surface area (Å²) in [7, 11) is 0. The van der Waals surface area contributed by atoms with Crippen LogP contribution in [0.25, 0.3) is 0 Å². The first-order valence-electron chi connectivity index (χ1n) is 5.10. The molecule has 0 atom stereocenters. The van der Waals surface area contributed by atoms with Crippen LogP contribution in [-0.2, 0) is 0 Å². The standard InChI is InChI=1S/C11H12ClF3O2/c1-2-3-6-16-10-5-4-8(7-9(10)12)17-11(13,14)15/h4-5,7H,2-3,6H2,1H3. The molecule has 1 rings (SSSR count). The highest BCUT2D eigenvalue weighted by molar-refractivity contribution is 6.32. The summed E-state index contributed by atoms with van der Waals surface area (Å²) in [6.45, 7) is 2.49. The molecule has 0 unspecified atom stereocenters. The van der Waals surface area contributed by atoms with E-state index >= 15 is 0 Å². The number of halogens is 4. The molecule has 6 heteroatoms. The van der Waals surface area contributed by atoms with Gasteiger partial charge in [0.15, 0.2) is 0 Å². The third kappa shape index (κ3) is 5.17. The van der Waals surface area contributed by atoms with E-state index in [1.807, 2.05) is 6.92 Å². The van der Waals surface area contributed by atoms with Gasteiger partial charge in [-0.1, -0.05) is 24.9 Å². The van der Waals surface area contributed by atoms with E-state index in [-0.39, 0.29) is 10.8 Å². The van der Waals surface area contributed by atoms with Crippen LogP contribution >= 0.6 is 11.6 Å². The molecule has 1 aromatic carbocycles. The molecule has 0 aliphatic carbocycles. The summed E-state index contributed by atoms with van der Waals surface area (Å²) in [6.07, 6.45) is -2.89. The average molecular weight is 269 g/mol. The molecular weight excluding hydrogens is 257 g/mol. The van der Waals surface area contributed by atoms with Crippen LogP contribution < -0.4 is 9.47 Å². The second-order valence-corrected chi connectivity index (χ2v) is 3.75. The summed E-state index contributed by atoms with van der Waals surface area (Å²) in [5.41, 5.74) is 0. The molecule has 0 aliphatic rings. The zero-order chi connectivity index (χ0) is 12.9. The van der Waals surface area contributed by atoms with E-state index in [9.17, 15) is 13.2 Å². The van der Waals surface area contributed by atoms with E-state index in [1.54, 1.807) is 0 Å². The normalized spacial score (nSPS) is 11.4. The molecule has 0 amide bonds. The highest BCUT2D eigenvalue weighted by Crippen LogP contribution is 2.31. The molecular formula is C11H12ClF3O2. The average Bonchev–Trinajstić information content (AvgIpc) is 2.19. The van der Waals surface area contributed by atoms with Crippen molar-refractivity contribution in [3.05, 3.63) is 23.2 Å². The van der Waals surface area contributed by atoms with Crippen molar-refractivity contribution in [2.45, 2.75) is 26.1 Å². The maximum absolute atomic E-state index is 11.9. The molecule has 0 spiro atoms. The van der Waals surface area contributed by atoms with Crippen molar-refractivity contribution < 1.29 is 22.6 Å². The first kappa shape index (κ1) is 14.0. The fraction of sp³-hybridized carbons (Fsp3) is 0.455. The van der Waals surface area contributed by atoms with Gasteiger partial charge in [-0.15, -0.1) is 13.2 Å². The Kier molecular flexibility index (Phi) is 4.93.